The van der Waals surface area contributed by atoms with Crippen LogP contribution in [0.25, 0.3) is 0 Å². The molecule has 1 aromatic heterocycles. The van der Waals surface area contributed by atoms with Crippen molar-refractivity contribution in [2.45, 2.75) is 6.54 Å². The average molecular weight is 367 g/mol. The van der Waals surface area contributed by atoms with Crippen LogP contribution in [-0.4, -0.2) is 37.4 Å². The lowest BCUT2D eigenvalue weighted by Crippen LogP contribution is -3.13. The fraction of sp³-hybridized carbons (Fsp3) is 0.312. The number of nitro groups is 1. The molecule has 0 atom stereocenters. The van der Waals surface area contributed by atoms with E-state index in [1.807, 2.05) is 11.0 Å². The third kappa shape index (κ3) is 3.75. The summed E-state index contributed by atoms with van der Waals surface area (Å²) in [5, 5.41) is 11.3. The molecule has 1 aromatic carbocycles. The van der Waals surface area contributed by atoms with Gasteiger partial charge in [-0.25, -0.2) is 0 Å². The van der Waals surface area contributed by atoms with E-state index >= 15 is 0 Å². The highest BCUT2D eigenvalue weighted by Gasteiger charge is 2.26. The minimum absolute atomic E-state index is 0.00640. The van der Waals surface area contributed by atoms with E-state index in [4.69, 9.17) is 11.6 Å². The molecule has 0 unspecified atom stereocenters. The van der Waals surface area contributed by atoms with Crippen LogP contribution in [0, 0.1) is 10.1 Å². The number of rotatable bonds is 5. The van der Waals surface area contributed by atoms with Crippen molar-refractivity contribution in [2.24, 2.45) is 0 Å². The van der Waals surface area contributed by atoms with E-state index in [9.17, 15) is 14.9 Å². The Kier molecular flexibility index (Phi) is 5.13. The maximum Gasteiger partial charge on any atom is 0.293 e. The molecule has 0 saturated carbocycles. The number of halogens is 1. The minimum Gasteiger partial charge on any atom is -0.355 e. The van der Waals surface area contributed by atoms with E-state index in [0.717, 1.165) is 37.1 Å². The molecule has 1 N–H and O–H groups in total. The van der Waals surface area contributed by atoms with Crippen molar-refractivity contribution in [1.29, 1.82) is 0 Å². The standard InChI is InChI=1S/C16H16ClN3O3S/c17-16-4-2-13(24-16)10-18-5-7-19(8-6-18)14-3-1-12(11-21)9-15(14)20(22)23/h1-4,9,11H,5-8,10H2/p+1. The molecule has 1 saturated heterocycles. The molecule has 3 rings (SSSR count). The normalized spacial score (nSPS) is 15.5. The Morgan fingerprint density at radius 1 is 1.29 bits per heavy atom. The van der Waals surface area contributed by atoms with Crippen LogP contribution < -0.4 is 9.80 Å². The van der Waals surface area contributed by atoms with Crippen molar-refractivity contribution in [3.8, 4) is 0 Å². The zero-order valence-electron chi connectivity index (χ0n) is 12.9. The van der Waals surface area contributed by atoms with Crippen molar-refractivity contribution >= 4 is 40.6 Å². The maximum atomic E-state index is 11.3. The van der Waals surface area contributed by atoms with Gasteiger partial charge >= 0.3 is 0 Å². The summed E-state index contributed by atoms with van der Waals surface area (Å²) in [6.45, 7) is 4.23. The number of hydrogen-bond acceptors (Lipinski definition) is 5. The summed E-state index contributed by atoms with van der Waals surface area (Å²) in [7, 11) is 0. The quantitative estimate of drug-likeness (QED) is 0.499. The zero-order valence-corrected chi connectivity index (χ0v) is 14.5. The summed E-state index contributed by atoms with van der Waals surface area (Å²) in [6.07, 6.45) is 0.630. The van der Waals surface area contributed by atoms with Crippen LogP contribution in [0.15, 0.2) is 30.3 Å². The van der Waals surface area contributed by atoms with Crippen LogP contribution in [-0.2, 0) is 6.54 Å². The number of quaternary nitrogens is 1. The lowest BCUT2D eigenvalue weighted by Gasteiger charge is -2.33. The highest BCUT2D eigenvalue weighted by Crippen LogP contribution is 2.29. The second-order valence-electron chi connectivity index (χ2n) is 5.74. The first kappa shape index (κ1) is 16.9. The number of piperazine rings is 1. The summed E-state index contributed by atoms with van der Waals surface area (Å²) in [4.78, 5) is 26.4. The van der Waals surface area contributed by atoms with Gasteiger partial charge < -0.3 is 9.80 Å². The molecule has 0 amide bonds. The molecule has 24 heavy (non-hydrogen) atoms. The third-order valence-corrected chi connectivity index (χ3v) is 5.43. The average Bonchev–Trinajstić information content (AvgIpc) is 3.00. The minimum atomic E-state index is -0.421. The molecule has 1 aliphatic heterocycles. The van der Waals surface area contributed by atoms with Crippen molar-refractivity contribution in [3.05, 3.63) is 55.2 Å². The zero-order chi connectivity index (χ0) is 17.1. The Balaban J connectivity index is 1.68. The smallest absolute Gasteiger partial charge is 0.293 e. The number of anilines is 1. The molecular weight excluding hydrogens is 350 g/mol. The van der Waals surface area contributed by atoms with Crippen molar-refractivity contribution < 1.29 is 14.6 Å². The van der Waals surface area contributed by atoms with Crippen LogP contribution in [0.3, 0.4) is 0 Å². The number of carbonyl (C=O) groups excluding carboxylic acids is 1. The van der Waals surface area contributed by atoms with E-state index in [1.165, 1.54) is 15.8 Å². The van der Waals surface area contributed by atoms with Gasteiger partial charge in [0, 0.05) is 11.6 Å². The van der Waals surface area contributed by atoms with Gasteiger partial charge in [-0.15, -0.1) is 11.3 Å². The van der Waals surface area contributed by atoms with E-state index in [1.54, 1.807) is 23.5 Å². The molecule has 2 heterocycles. The van der Waals surface area contributed by atoms with Gasteiger partial charge in [-0.1, -0.05) is 11.6 Å². The van der Waals surface area contributed by atoms with E-state index < -0.39 is 4.92 Å². The van der Waals surface area contributed by atoms with Gasteiger partial charge in [0.1, 0.15) is 18.5 Å². The summed E-state index contributed by atoms with van der Waals surface area (Å²) in [5.74, 6) is 0. The lowest BCUT2D eigenvalue weighted by atomic mass is 10.1. The van der Waals surface area contributed by atoms with Gasteiger partial charge in [0.2, 0.25) is 0 Å². The molecule has 1 aliphatic rings. The molecular formula is C16H17ClN3O3S+. The number of nitrogens with one attached hydrogen (secondary N) is 1. The number of carbonyl (C=O) groups is 1. The van der Waals surface area contributed by atoms with Gasteiger partial charge in [0.25, 0.3) is 5.69 Å². The molecule has 0 radical (unpaired) electrons. The lowest BCUT2D eigenvalue weighted by molar-refractivity contribution is -0.914. The predicted molar refractivity (Wildman–Crippen MR) is 94.4 cm³/mol. The summed E-state index contributed by atoms with van der Waals surface area (Å²) in [5.41, 5.74) is 0.904. The number of hydrogen-bond donors (Lipinski definition) is 1. The number of thiophene rings is 1. The fourth-order valence-electron chi connectivity index (χ4n) is 2.96. The van der Waals surface area contributed by atoms with Crippen LogP contribution in [0.1, 0.15) is 15.2 Å². The number of benzene rings is 1. The Morgan fingerprint density at radius 2 is 2.04 bits per heavy atom. The predicted octanol–water partition coefficient (Wildman–Crippen LogP) is 2.03. The summed E-state index contributed by atoms with van der Waals surface area (Å²) >= 11 is 7.56. The Labute approximate surface area is 148 Å². The Hall–Kier alpha value is -1.96. The van der Waals surface area contributed by atoms with Crippen molar-refractivity contribution in [3.63, 3.8) is 0 Å². The molecule has 1 fully saturated rings. The van der Waals surface area contributed by atoms with Crippen LogP contribution in [0.2, 0.25) is 4.34 Å². The number of nitrogens with zero attached hydrogens (tertiary/aromatic N) is 2. The summed E-state index contributed by atoms with van der Waals surface area (Å²) in [6, 6.07) is 8.61. The Bertz CT molecular complexity index is 757. The number of aldehydes is 1. The molecule has 8 heteroatoms. The molecule has 2 aromatic rings. The van der Waals surface area contributed by atoms with Crippen LogP contribution in [0.4, 0.5) is 11.4 Å². The van der Waals surface area contributed by atoms with E-state index in [2.05, 4.69) is 6.07 Å². The van der Waals surface area contributed by atoms with Crippen LogP contribution in [0.5, 0.6) is 0 Å². The topological polar surface area (TPSA) is 67.9 Å². The third-order valence-electron chi connectivity index (χ3n) is 4.20. The first-order chi connectivity index (χ1) is 11.6. The first-order valence-corrected chi connectivity index (χ1v) is 8.82. The SMILES string of the molecule is O=Cc1ccc(N2CC[NH+](Cc3ccc(Cl)s3)CC2)c([N+](=O)[O-])c1. The summed E-state index contributed by atoms with van der Waals surface area (Å²) < 4.78 is 0.800. The highest BCUT2D eigenvalue weighted by molar-refractivity contribution is 7.16. The molecule has 126 valence electrons. The van der Waals surface area contributed by atoms with Crippen molar-refractivity contribution in [1.82, 2.24) is 0 Å². The molecule has 6 nitrogen and oxygen atoms in total. The monoisotopic (exact) mass is 366 g/mol. The van der Waals surface area contributed by atoms with Gasteiger partial charge in [-0.3, -0.25) is 14.9 Å². The Morgan fingerprint density at radius 3 is 2.62 bits per heavy atom. The van der Waals surface area contributed by atoms with Gasteiger partial charge in [0.15, 0.2) is 0 Å². The second-order valence-corrected chi connectivity index (χ2v) is 7.54. The molecule has 0 bridgehead atoms. The van der Waals surface area contributed by atoms with E-state index in [0.29, 0.717) is 17.5 Å². The second kappa shape index (κ2) is 7.29. The van der Waals surface area contributed by atoms with E-state index in [-0.39, 0.29) is 5.69 Å². The fourth-order valence-corrected chi connectivity index (χ4v) is 4.12. The highest BCUT2D eigenvalue weighted by atomic mass is 35.5. The van der Waals surface area contributed by atoms with Gasteiger partial charge in [0.05, 0.1) is 40.3 Å². The van der Waals surface area contributed by atoms with Crippen molar-refractivity contribution in [2.75, 3.05) is 31.1 Å². The first-order valence-electron chi connectivity index (χ1n) is 7.63. The largest absolute Gasteiger partial charge is 0.355 e. The van der Waals surface area contributed by atoms with Crippen LogP contribution >= 0.6 is 22.9 Å². The van der Waals surface area contributed by atoms with Gasteiger partial charge in [-0.2, -0.15) is 0 Å². The molecule has 0 aliphatic carbocycles. The maximum absolute atomic E-state index is 11.3. The van der Waals surface area contributed by atoms with Gasteiger partial charge in [-0.05, 0) is 24.3 Å². The molecule has 0 spiro atoms. The number of nitro benzene ring substituents is 1.